The van der Waals surface area contributed by atoms with Crippen LogP contribution in [0.3, 0.4) is 0 Å². The molecule has 0 atom stereocenters. The molecule has 0 spiro atoms. The van der Waals surface area contributed by atoms with Crippen molar-refractivity contribution in [2.24, 2.45) is 5.92 Å². The van der Waals surface area contributed by atoms with Crippen molar-refractivity contribution in [2.45, 2.75) is 24.7 Å². The van der Waals surface area contributed by atoms with Crippen LogP contribution >= 0.6 is 0 Å². The van der Waals surface area contributed by atoms with Gasteiger partial charge in [-0.2, -0.15) is 4.31 Å². The fraction of sp³-hybridized carbons (Fsp3) is 0.588. The van der Waals surface area contributed by atoms with Crippen molar-refractivity contribution in [1.29, 1.82) is 0 Å². The first-order valence-corrected chi connectivity index (χ1v) is 9.78. The van der Waals surface area contributed by atoms with Crippen LogP contribution in [0.4, 0.5) is 0 Å². The van der Waals surface area contributed by atoms with Crippen molar-refractivity contribution >= 4 is 15.9 Å². The summed E-state index contributed by atoms with van der Waals surface area (Å²) >= 11 is 0. The van der Waals surface area contributed by atoms with Gasteiger partial charge in [-0.3, -0.25) is 4.79 Å². The van der Waals surface area contributed by atoms with Gasteiger partial charge >= 0.3 is 0 Å². The molecule has 0 aromatic heterocycles. The van der Waals surface area contributed by atoms with Crippen LogP contribution < -0.4 is 5.32 Å². The van der Waals surface area contributed by atoms with Crippen LogP contribution in [-0.4, -0.2) is 63.8 Å². The van der Waals surface area contributed by atoms with Gasteiger partial charge in [0.1, 0.15) is 0 Å². The Bertz CT molecular complexity index is 665. The standard InChI is InChI=1S/C17H27N3O3S/c1-14-7-10-20(11-8-14)24(22,23)16-6-4-5-15(13-16)17(21)18-9-12-19(2)3/h4-6,13-14H,7-12H2,1-3H3,(H,18,21). The highest BCUT2D eigenvalue weighted by Gasteiger charge is 2.28. The predicted octanol–water partition coefficient (Wildman–Crippen LogP) is 1.40. The molecule has 0 bridgehead atoms. The zero-order valence-electron chi connectivity index (χ0n) is 14.7. The van der Waals surface area contributed by atoms with E-state index in [2.05, 4.69) is 12.2 Å². The van der Waals surface area contributed by atoms with Gasteiger partial charge in [-0.05, 0) is 51.1 Å². The van der Waals surface area contributed by atoms with E-state index in [9.17, 15) is 13.2 Å². The molecule has 7 heteroatoms. The van der Waals surface area contributed by atoms with E-state index in [1.165, 1.54) is 10.4 Å². The van der Waals surface area contributed by atoms with Crippen molar-refractivity contribution in [3.8, 4) is 0 Å². The van der Waals surface area contributed by atoms with E-state index in [0.29, 0.717) is 31.1 Å². The maximum Gasteiger partial charge on any atom is 0.251 e. The van der Waals surface area contributed by atoms with Crippen LogP contribution in [0.2, 0.25) is 0 Å². The topological polar surface area (TPSA) is 69.7 Å². The molecule has 1 aliphatic heterocycles. The van der Waals surface area contributed by atoms with E-state index in [0.717, 1.165) is 19.4 Å². The van der Waals surface area contributed by atoms with E-state index in [1.54, 1.807) is 18.2 Å². The number of benzene rings is 1. The summed E-state index contributed by atoms with van der Waals surface area (Å²) in [5.74, 6) is 0.312. The second-order valence-electron chi connectivity index (χ2n) is 6.67. The van der Waals surface area contributed by atoms with Gasteiger partial charge in [-0.15, -0.1) is 0 Å². The smallest absolute Gasteiger partial charge is 0.251 e. The fourth-order valence-corrected chi connectivity index (χ4v) is 4.18. The highest BCUT2D eigenvalue weighted by molar-refractivity contribution is 7.89. The number of piperidine rings is 1. The van der Waals surface area contributed by atoms with E-state index in [4.69, 9.17) is 0 Å². The molecule has 1 aliphatic rings. The molecule has 1 amide bonds. The Kier molecular flexibility index (Phi) is 6.37. The van der Waals surface area contributed by atoms with E-state index in [-0.39, 0.29) is 10.8 Å². The first kappa shape index (κ1) is 18.9. The first-order valence-electron chi connectivity index (χ1n) is 8.34. The van der Waals surface area contributed by atoms with Gasteiger partial charge in [0.05, 0.1) is 4.90 Å². The Morgan fingerprint density at radius 1 is 1.29 bits per heavy atom. The number of rotatable bonds is 6. The fourth-order valence-electron chi connectivity index (χ4n) is 2.67. The Morgan fingerprint density at radius 3 is 2.58 bits per heavy atom. The summed E-state index contributed by atoms with van der Waals surface area (Å²) in [7, 11) is 0.328. The zero-order chi connectivity index (χ0) is 17.7. The van der Waals surface area contributed by atoms with Crippen molar-refractivity contribution < 1.29 is 13.2 Å². The van der Waals surface area contributed by atoms with Gasteiger partial charge in [-0.1, -0.05) is 13.0 Å². The number of hydrogen-bond donors (Lipinski definition) is 1. The third-order valence-electron chi connectivity index (χ3n) is 4.32. The molecule has 1 aromatic carbocycles. The van der Waals surface area contributed by atoms with Gasteiger partial charge in [0, 0.05) is 31.7 Å². The van der Waals surface area contributed by atoms with Crippen molar-refractivity contribution in [3.05, 3.63) is 29.8 Å². The number of hydrogen-bond acceptors (Lipinski definition) is 4. The third kappa shape index (κ3) is 4.78. The van der Waals surface area contributed by atoms with Crippen LogP contribution in [0.15, 0.2) is 29.2 Å². The van der Waals surface area contributed by atoms with Gasteiger partial charge in [-0.25, -0.2) is 8.42 Å². The van der Waals surface area contributed by atoms with E-state index < -0.39 is 10.0 Å². The highest BCUT2D eigenvalue weighted by Crippen LogP contribution is 2.23. The van der Waals surface area contributed by atoms with E-state index in [1.807, 2.05) is 19.0 Å². The number of nitrogens with zero attached hydrogens (tertiary/aromatic N) is 2. The number of likely N-dealkylation sites (N-methyl/N-ethyl adjacent to an activating group) is 1. The highest BCUT2D eigenvalue weighted by atomic mass is 32.2. The summed E-state index contributed by atoms with van der Waals surface area (Å²) < 4.78 is 27.0. The Labute approximate surface area is 144 Å². The van der Waals surface area contributed by atoms with Gasteiger partial charge in [0.2, 0.25) is 10.0 Å². The van der Waals surface area contributed by atoms with Crippen LogP contribution in [0.25, 0.3) is 0 Å². The van der Waals surface area contributed by atoms with Crippen LogP contribution in [0.5, 0.6) is 0 Å². The Morgan fingerprint density at radius 2 is 1.96 bits per heavy atom. The molecule has 1 fully saturated rings. The molecule has 1 aromatic rings. The molecule has 1 N–H and O–H groups in total. The summed E-state index contributed by atoms with van der Waals surface area (Å²) in [6, 6.07) is 6.30. The summed E-state index contributed by atoms with van der Waals surface area (Å²) in [6.45, 7) is 4.48. The number of nitrogens with one attached hydrogen (secondary N) is 1. The average molecular weight is 353 g/mol. The number of sulfonamides is 1. The largest absolute Gasteiger partial charge is 0.351 e. The maximum absolute atomic E-state index is 12.8. The second-order valence-corrected chi connectivity index (χ2v) is 8.61. The van der Waals surface area contributed by atoms with Gasteiger partial charge in [0.25, 0.3) is 5.91 Å². The molecule has 0 unspecified atom stereocenters. The molecule has 0 radical (unpaired) electrons. The maximum atomic E-state index is 12.8. The molecule has 134 valence electrons. The number of carbonyl (C=O) groups is 1. The lowest BCUT2D eigenvalue weighted by molar-refractivity contribution is 0.0951. The molecule has 0 aliphatic carbocycles. The summed E-state index contributed by atoms with van der Waals surface area (Å²) in [6.07, 6.45) is 1.76. The van der Waals surface area contributed by atoms with Crippen LogP contribution in [-0.2, 0) is 10.0 Å². The monoisotopic (exact) mass is 353 g/mol. The minimum Gasteiger partial charge on any atom is -0.351 e. The summed E-state index contributed by atoms with van der Waals surface area (Å²) in [4.78, 5) is 14.3. The Balaban J connectivity index is 2.10. The molecular formula is C17H27N3O3S. The predicted molar refractivity (Wildman–Crippen MR) is 94.5 cm³/mol. The first-order chi connectivity index (χ1) is 11.3. The molecule has 2 rings (SSSR count). The average Bonchev–Trinajstić information content (AvgIpc) is 2.55. The van der Waals surface area contributed by atoms with E-state index >= 15 is 0 Å². The Hall–Kier alpha value is -1.44. The molecule has 6 nitrogen and oxygen atoms in total. The molecule has 1 saturated heterocycles. The molecule has 0 saturated carbocycles. The van der Waals surface area contributed by atoms with Crippen LogP contribution in [0.1, 0.15) is 30.1 Å². The quantitative estimate of drug-likeness (QED) is 0.839. The van der Waals surface area contributed by atoms with Crippen molar-refractivity contribution in [2.75, 3.05) is 40.3 Å². The number of carbonyl (C=O) groups excluding carboxylic acids is 1. The van der Waals surface area contributed by atoms with Crippen molar-refractivity contribution in [3.63, 3.8) is 0 Å². The summed E-state index contributed by atoms with van der Waals surface area (Å²) in [5, 5.41) is 2.81. The lowest BCUT2D eigenvalue weighted by Gasteiger charge is -2.29. The second kappa shape index (κ2) is 8.09. The van der Waals surface area contributed by atoms with Crippen molar-refractivity contribution in [1.82, 2.24) is 14.5 Å². The normalized spacial score (nSPS) is 17.2. The summed E-state index contributed by atoms with van der Waals surface area (Å²) in [5.41, 5.74) is 0.375. The van der Waals surface area contributed by atoms with Crippen LogP contribution in [0, 0.1) is 5.92 Å². The SMILES string of the molecule is CC1CCN(S(=O)(=O)c2cccc(C(=O)NCCN(C)C)c2)CC1. The molecular weight excluding hydrogens is 326 g/mol. The van der Waals surface area contributed by atoms with Gasteiger partial charge in [0.15, 0.2) is 0 Å². The lowest BCUT2D eigenvalue weighted by Crippen LogP contribution is -2.38. The van der Waals surface area contributed by atoms with Gasteiger partial charge < -0.3 is 10.2 Å². The zero-order valence-corrected chi connectivity index (χ0v) is 15.5. The molecule has 1 heterocycles. The minimum absolute atomic E-state index is 0.192. The number of amides is 1. The lowest BCUT2D eigenvalue weighted by atomic mass is 10.0. The third-order valence-corrected chi connectivity index (χ3v) is 6.22. The molecule has 24 heavy (non-hydrogen) atoms. The minimum atomic E-state index is -3.53.